The minimum absolute atomic E-state index is 0.684. The van der Waals surface area contributed by atoms with Crippen LogP contribution in [0.15, 0.2) is 29.3 Å². The lowest BCUT2D eigenvalue weighted by Gasteiger charge is -2.01. The van der Waals surface area contributed by atoms with E-state index in [4.69, 9.17) is 4.74 Å². The SMILES string of the molecule is COCCN=C(C)c1ccc(C)cc1. The summed E-state index contributed by atoms with van der Waals surface area (Å²) in [4.78, 5) is 4.41. The number of hydrogen-bond acceptors (Lipinski definition) is 2. The molecule has 0 aromatic heterocycles. The summed E-state index contributed by atoms with van der Waals surface area (Å²) in [5.41, 5.74) is 3.53. The zero-order valence-corrected chi connectivity index (χ0v) is 9.08. The van der Waals surface area contributed by atoms with Gasteiger partial charge in [0.15, 0.2) is 0 Å². The van der Waals surface area contributed by atoms with E-state index in [0.29, 0.717) is 6.61 Å². The summed E-state index contributed by atoms with van der Waals surface area (Å²) in [5.74, 6) is 0. The molecular formula is C12H17NO. The molecule has 0 atom stereocenters. The van der Waals surface area contributed by atoms with Crippen molar-refractivity contribution in [3.05, 3.63) is 35.4 Å². The number of rotatable bonds is 4. The highest BCUT2D eigenvalue weighted by Crippen LogP contribution is 2.04. The average Bonchev–Trinajstić information content (AvgIpc) is 2.19. The van der Waals surface area contributed by atoms with E-state index >= 15 is 0 Å². The van der Waals surface area contributed by atoms with E-state index in [-0.39, 0.29) is 0 Å². The molecule has 76 valence electrons. The Morgan fingerprint density at radius 1 is 1.29 bits per heavy atom. The molecule has 0 N–H and O–H groups in total. The van der Waals surface area contributed by atoms with E-state index in [1.807, 2.05) is 6.92 Å². The second-order valence-electron chi connectivity index (χ2n) is 3.33. The van der Waals surface area contributed by atoms with Gasteiger partial charge in [-0.3, -0.25) is 4.99 Å². The first-order chi connectivity index (χ1) is 6.74. The van der Waals surface area contributed by atoms with Gasteiger partial charge in [-0.1, -0.05) is 29.8 Å². The van der Waals surface area contributed by atoms with Gasteiger partial charge in [-0.15, -0.1) is 0 Å². The van der Waals surface area contributed by atoms with E-state index in [1.54, 1.807) is 7.11 Å². The number of aliphatic imine (C=N–C) groups is 1. The summed E-state index contributed by atoms with van der Waals surface area (Å²) in [7, 11) is 1.69. The zero-order valence-electron chi connectivity index (χ0n) is 9.08. The summed E-state index contributed by atoms with van der Waals surface area (Å²) in [5, 5.41) is 0. The molecule has 2 nitrogen and oxygen atoms in total. The Kier molecular flexibility index (Phi) is 4.33. The Balaban J connectivity index is 2.64. The monoisotopic (exact) mass is 191 g/mol. The largest absolute Gasteiger partial charge is 0.383 e. The topological polar surface area (TPSA) is 21.6 Å². The number of aryl methyl sites for hydroxylation is 1. The molecule has 0 aliphatic heterocycles. The maximum atomic E-state index is 4.94. The lowest BCUT2D eigenvalue weighted by molar-refractivity contribution is 0.208. The Labute approximate surface area is 85.6 Å². The maximum Gasteiger partial charge on any atom is 0.0658 e. The molecule has 1 aromatic carbocycles. The van der Waals surface area contributed by atoms with Crippen LogP contribution in [-0.2, 0) is 4.74 Å². The first-order valence-electron chi connectivity index (χ1n) is 4.81. The normalized spacial score (nSPS) is 11.8. The Bertz CT molecular complexity index is 301. The predicted molar refractivity (Wildman–Crippen MR) is 60.1 cm³/mol. The fourth-order valence-corrected chi connectivity index (χ4v) is 1.19. The molecule has 0 radical (unpaired) electrons. The van der Waals surface area contributed by atoms with Crippen LogP contribution in [0, 0.1) is 6.92 Å². The molecule has 0 spiro atoms. The summed E-state index contributed by atoms with van der Waals surface area (Å²) < 4.78 is 4.94. The third kappa shape index (κ3) is 3.30. The molecule has 0 saturated heterocycles. The number of methoxy groups -OCH3 is 1. The first kappa shape index (κ1) is 10.9. The molecule has 0 aliphatic carbocycles. The smallest absolute Gasteiger partial charge is 0.0658 e. The lowest BCUT2D eigenvalue weighted by Crippen LogP contribution is -1.99. The van der Waals surface area contributed by atoms with Gasteiger partial charge in [0.25, 0.3) is 0 Å². The summed E-state index contributed by atoms with van der Waals surface area (Å²) in [6.45, 7) is 5.53. The van der Waals surface area contributed by atoms with Crippen molar-refractivity contribution in [2.45, 2.75) is 13.8 Å². The van der Waals surface area contributed by atoms with Gasteiger partial charge in [0.2, 0.25) is 0 Å². The highest BCUT2D eigenvalue weighted by atomic mass is 16.5. The van der Waals surface area contributed by atoms with Gasteiger partial charge in [0, 0.05) is 12.8 Å². The molecule has 1 aromatic rings. The van der Waals surface area contributed by atoms with Crippen LogP contribution in [-0.4, -0.2) is 26.0 Å². The van der Waals surface area contributed by atoms with Gasteiger partial charge in [0.1, 0.15) is 0 Å². The predicted octanol–water partition coefficient (Wildman–Crippen LogP) is 2.45. The van der Waals surface area contributed by atoms with Crippen molar-refractivity contribution in [3.8, 4) is 0 Å². The molecule has 1 rings (SSSR count). The summed E-state index contributed by atoms with van der Waals surface area (Å²) >= 11 is 0. The zero-order chi connectivity index (χ0) is 10.4. The highest BCUT2D eigenvalue weighted by molar-refractivity contribution is 5.98. The fraction of sp³-hybridized carbons (Fsp3) is 0.417. The molecule has 0 bridgehead atoms. The van der Waals surface area contributed by atoms with E-state index in [1.165, 1.54) is 11.1 Å². The number of hydrogen-bond donors (Lipinski definition) is 0. The lowest BCUT2D eigenvalue weighted by atomic mass is 10.1. The van der Waals surface area contributed by atoms with Gasteiger partial charge < -0.3 is 4.74 Å². The quantitative estimate of drug-likeness (QED) is 0.529. The molecule has 0 fully saturated rings. The van der Waals surface area contributed by atoms with E-state index in [0.717, 1.165) is 12.3 Å². The van der Waals surface area contributed by atoms with Crippen molar-refractivity contribution < 1.29 is 4.74 Å². The Morgan fingerprint density at radius 3 is 2.50 bits per heavy atom. The minimum atomic E-state index is 0.684. The van der Waals surface area contributed by atoms with Gasteiger partial charge in [-0.2, -0.15) is 0 Å². The standard InChI is InChI=1S/C12H17NO/c1-10-4-6-12(7-5-10)11(2)13-8-9-14-3/h4-7H,8-9H2,1-3H3. The highest BCUT2D eigenvalue weighted by Gasteiger charge is 1.95. The molecule has 0 amide bonds. The molecule has 0 aliphatic rings. The molecular weight excluding hydrogens is 174 g/mol. The first-order valence-corrected chi connectivity index (χ1v) is 4.81. The molecule has 14 heavy (non-hydrogen) atoms. The van der Waals surface area contributed by atoms with Crippen LogP contribution in [0.4, 0.5) is 0 Å². The van der Waals surface area contributed by atoms with Crippen LogP contribution in [0.3, 0.4) is 0 Å². The Morgan fingerprint density at radius 2 is 1.93 bits per heavy atom. The number of nitrogens with zero attached hydrogens (tertiary/aromatic N) is 1. The number of ether oxygens (including phenoxy) is 1. The van der Waals surface area contributed by atoms with Crippen molar-refractivity contribution in [1.82, 2.24) is 0 Å². The van der Waals surface area contributed by atoms with Crippen LogP contribution in [0.5, 0.6) is 0 Å². The Hall–Kier alpha value is -1.15. The van der Waals surface area contributed by atoms with Gasteiger partial charge in [-0.25, -0.2) is 0 Å². The fourth-order valence-electron chi connectivity index (χ4n) is 1.19. The third-order valence-corrected chi connectivity index (χ3v) is 2.11. The van der Waals surface area contributed by atoms with Crippen LogP contribution >= 0.6 is 0 Å². The van der Waals surface area contributed by atoms with Crippen LogP contribution < -0.4 is 0 Å². The van der Waals surface area contributed by atoms with Crippen LogP contribution in [0.2, 0.25) is 0 Å². The summed E-state index contributed by atoms with van der Waals surface area (Å²) in [6, 6.07) is 8.40. The summed E-state index contributed by atoms with van der Waals surface area (Å²) in [6.07, 6.45) is 0. The van der Waals surface area contributed by atoms with Gasteiger partial charge in [0.05, 0.1) is 13.2 Å². The van der Waals surface area contributed by atoms with Crippen molar-refractivity contribution in [2.75, 3.05) is 20.3 Å². The van der Waals surface area contributed by atoms with Crippen molar-refractivity contribution in [3.63, 3.8) is 0 Å². The van der Waals surface area contributed by atoms with E-state index < -0.39 is 0 Å². The van der Waals surface area contributed by atoms with Crippen molar-refractivity contribution >= 4 is 5.71 Å². The van der Waals surface area contributed by atoms with Gasteiger partial charge >= 0.3 is 0 Å². The molecule has 2 heteroatoms. The maximum absolute atomic E-state index is 4.94. The van der Waals surface area contributed by atoms with Crippen LogP contribution in [0.25, 0.3) is 0 Å². The third-order valence-electron chi connectivity index (χ3n) is 2.11. The van der Waals surface area contributed by atoms with E-state index in [9.17, 15) is 0 Å². The number of benzene rings is 1. The second-order valence-corrected chi connectivity index (χ2v) is 3.33. The second kappa shape index (κ2) is 5.55. The molecule has 0 unspecified atom stereocenters. The average molecular weight is 191 g/mol. The van der Waals surface area contributed by atoms with Gasteiger partial charge in [-0.05, 0) is 19.4 Å². The minimum Gasteiger partial charge on any atom is -0.383 e. The van der Waals surface area contributed by atoms with Crippen molar-refractivity contribution in [1.29, 1.82) is 0 Å². The van der Waals surface area contributed by atoms with Crippen LogP contribution in [0.1, 0.15) is 18.1 Å². The van der Waals surface area contributed by atoms with E-state index in [2.05, 4.69) is 36.2 Å². The molecule has 0 heterocycles. The molecule has 0 saturated carbocycles. The van der Waals surface area contributed by atoms with Crippen molar-refractivity contribution in [2.24, 2.45) is 4.99 Å².